The Balaban J connectivity index is 2.52. The third-order valence-corrected chi connectivity index (χ3v) is 3.79. The molecule has 5 nitrogen and oxygen atoms in total. The van der Waals surface area contributed by atoms with Gasteiger partial charge in [0.2, 0.25) is 5.91 Å². The number of rotatable bonds is 7. The summed E-state index contributed by atoms with van der Waals surface area (Å²) < 4.78 is 5.82. The molecule has 1 fully saturated rings. The van der Waals surface area contributed by atoms with Crippen molar-refractivity contribution in [3.8, 4) is 0 Å². The minimum atomic E-state index is -0.746. The molecule has 114 valence electrons. The van der Waals surface area contributed by atoms with E-state index >= 15 is 0 Å². The van der Waals surface area contributed by atoms with E-state index in [0.29, 0.717) is 0 Å². The normalized spacial score (nSPS) is 33.9. The zero-order chi connectivity index (χ0) is 15.1. The molecular formula is C14H27BN2O3. The first-order chi connectivity index (χ1) is 9.47. The second-order valence-corrected chi connectivity index (χ2v) is 5.52. The van der Waals surface area contributed by atoms with E-state index in [9.17, 15) is 9.90 Å². The molecule has 1 rings (SSSR count). The predicted octanol–water partition coefficient (Wildman–Crippen LogP) is 0.376. The number of ether oxygens (including phenoxy) is 1. The van der Waals surface area contributed by atoms with Gasteiger partial charge in [0.25, 0.3) is 0 Å². The third kappa shape index (κ3) is 5.07. The summed E-state index contributed by atoms with van der Waals surface area (Å²) in [4.78, 5) is 11.3. The summed E-state index contributed by atoms with van der Waals surface area (Å²) in [5.41, 5.74) is 0. The van der Waals surface area contributed by atoms with Crippen LogP contribution in [0.2, 0.25) is 5.82 Å². The van der Waals surface area contributed by atoms with E-state index < -0.39 is 11.9 Å². The van der Waals surface area contributed by atoms with Crippen molar-refractivity contribution in [1.82, 2.24) is 10.6 Å². The number of hydrogen-bond donors (Lipinski definition) is 3. The van der Waals surface area contributed by atoms with Crippen LogP contribution in [-0.4, -0.2) is 56.3 Å². The van der Waals surface area contributed by atoms with E-state index in [1.54, 1.807) is 0 Å². The molecule has 20 heavy (non-hydrogen) atoms. The molecule has 0 saturated carbocycles. The van der Waals surface area contributed by atoms with Crippen LogP contribution in [0.15, 0.2) is 0 Å². The van der Waals surface area contributed by atoms with Gasteiger partial charge in [-0.3, -0.25) is 4.79 Å². The summed E-state index contributed by atoms with van der Waals surface area (Å²) in [5.74, 6) is -0.630. The quantitative estimate of drug-likeness (QED) is 0.466. The van der Waals surface area contributed by atoms with Gasteiger partial charge in [-0.2, -0.15) is 0 Å². The summed E-state index contributed by atoms with van der Waals surface area (Å²) in [5, 5.41) is 16.1. The minimum absolute atomic E-state index is 0.131. The van der Waals surface area contributed by atoms with E-state index in [-0.39, 0.29) is 24.2 Å². The van der Waals surface area contributed by atoms with Crippen LogP contribution in [0.1, 0.15) is 40.0 Å². The molecule has 3 N–H and O–H groups in total. The summed E-state index contributed by atoms with van der Waals surface area (Å²) in [6.45, 7) is 7.32. The summed E-state index contributed by atoms with van der Waals surface area (Å²) >= 11 is 0. The fourth-order valence-electron chi connectivity index (χ4n) is 2.66. The van der Waals surface area contributed by atoms with Crippen molar-refractivity contribution < 1.29 is 14.6 Å². The topological polar surface area (TPSA) is 70.6 Å². The molecule has 0 aromatic rings. The van der Waals surface area contributed by atoms with Crippen molar-refractivity contribution in [3.05, 3.63) is 0 Å². The lowest BCUT2D eigenvalue weighted by molar-refractivity contribution is -0.137. The van der Waals surface area contributed by atoms with Crippen molar-refractivity contribution in [2.45, 2.75) is 70.2 Å². The average Bonchev–Trinajstić information content (AvgIpc) is 2.40. The molecule has 0 spiro atoms. The van der Waals surface area contributed by atoms with E-state index in [0.717, 1.165) is 32.4 Å². The largest absolute Gasteiger partial charge is 0.391 e. The zero-order valence-electron chi connectivity index (χ0n) is 12.8. The molecule has 0 bridgehead atoms. The summed E-state index contributed by atoms with van der Waals surface area (Å²) in [7, 11) is 6.05. The number of carbonyl (C=O) groups excluding carboxylic acids is 1. The Morgan fingerprint density at radius 3 is 2.70 bits per heavy atom. The molecule has 0 unspecified atom stereocenters. The second kappa shape index (κ2) is 8.65. The van der Waals surface area contributed by atoms with Crippen LogP contribution < -0.4 is 10.6 Å². The molecule has 1 amide bonds. The van der Waals surface area contributed by atoms with Gasteiger partial charge in [-0.1, -0.05) is 6.92 Å². The third-order valence-electron chi connectivity index (χ3n) is 3.79. The minimum Gasteiger partial charge on any atom is -0.391 e. The van der Waals surface area contributed by atoms with Crippen LogP contribution >= 0.6 is 0 Å². The Bertz CT molecular complexity index is 304. The van der Waals surface area contributed by atoms with Gasteiger partial charge in [-0.25, -0.2) is 0 Å². The number of nitrogens with one attached hydrogen (secondary N) is 2. The fraction of sp³-hybridized carbons (Fsp3) is 0.929. The maximum absolute atomic E-state index is 11.3. The first-order valence-electron chi connectivity index (χ1n) is 7.54. The molecule has 1 aliphatic rings. The summed E-state index contributed by atoms with van der Waals surface area (Å²) in [6.07, 6.45) is 1.73. The highest BCUT2D eigenvalue weighted by molar-refractivity contribution is 6.13. The van der Waals surface area contributed by atoms with Gasteiger partial charge < -0.3 is 20.5 Å². The Morgan fingerprint density at radius 1 is 1.40 bits per heavy atom. The number of amides is 1. The van der Waals surface area contributed by atoms with Gasteiger partial charge in [0.1, 0.15) is 0 Å². The van der Waals surface area contributed by atoms with E-state index in [1.165, 1.54) is 6.92 Å². The van der Waals surface area contributed by atoms with Gasteiger partial charge >= 0.3 is 0 Å². The molecule has 6 heteroatoms. The van der Waals surface area contributed by atoms with Gasteiger partial charge in [-0.15, -0.1) is 0 Å². The van der Waals surface area contributed by atoms with E-state index in [2.05, 4.69) is 17.6 Å². The van der Waals surface area contributed by atoms with Crippen LogP contribution in [0, 0.1) is 0 Å². The predicted molar refractivity (Wildman–Crippen MR) is 79.8 cm³/mol. The van der Waals surface area contributed by atoms with Crippen LogP contribution in [0.25, 0.3) is 0 Å². The van der Waals surface area contributed by atoms with Gasteiger partial charge in [0.15, 0.2) is 0 Å². The molecular weight excluding hydrogens is 255 g/mol. The number of carbonyl (C=O) groups is 1. The Labute approximate surface area is 123 Å². The van der Waals surface area contributed by atoms with Crippen molar-refractivity contribution >= 4 is 13.8 Å². The molecule has 0 aromatic heterocycles. The first kappa shape index (κ1) is 17.5. The van der Waals surface area contributed by atoms with Crippen molar-refractivity contribution in [1.29, 1.82) is 0 Å². The lowest BCUT2D eigenvalue weighted by Crippen LogP contribution is -2.57. The zero-order valence-corrected chi connectivity index (χ0v) is 12.8. The summed E-state index contributed by atoms with van der Waals surface area (Å²) in [6, 6.07) is -0.321. The lowest BCUT2D eigenvalue weighted by atomic mass is 9.70. The number of aliphatic hydroxyl groups is 1. The van der Waals surface area contributed by atoms with Crippen LogP contribution in [0.3, 0.4) is 0 Å². The lowest BCUT2D eigenvalue weighted by Gasteiger charge is -2.43. The van der Waals surface area contributed by atoms with Crippen LogP contribution in [-0.2, 0) is 9.53 Å². The highest BCUT2D eigenvalue weighted by atomic mass is 16.5. The smallest absolute Gasteiger partial charge is 0.217 e. The molecule has 2 radical (unpaired) electrons. The van der Waals surface area contributed by atoms with E-state index in [1.807, 2.05) is 6.92 Å². The highest BCUT2D eigenvalue weighted by Gasteiger charge is 2.40. The Hall–Kier alpha value is -0.585. The van der Waals surface area contributed by atoms with Crippen molar-refractivity contribution in [3.63, 3.8) is 0 Å². The first-order valence-corrected chi connectivity index (χ1v) is 7.54. The average molecular weight is 282 g/mol. The standard InChI is InChI=1S/C14H27BN2O3/c1-4-16-8-6-5-7-11-13(17-10(3)18)12(15)14(19)9(2)20-11/h9,11-14,16,19H,4-8H2,1-3H3,(H,17,18)/t9-,11-,12-,13+,14+/m1/s1. The second-order valence-electron chi connectivity index (χ2n) is 5.52. The fourth-order valence-corrected chi connectivity index (χ4v) is 2.66. The van der Waals surface area contributed by atoms with Crippen LogP contribution in [0.4, 0.5) is 0 Å². The van der Waals surface area contributed by atoms with Gasteiger partial charge in [0.05, 0.1) is 32.2 Å². The van der Waals surface area contributed by atoms with E-state index in [4.69, 9.17) is 12.6 Å². The molecule has 0 aliphatic carbocycles. The molecule has 0 aromatic carbocycles. The van der Waals surface area contributed by atoms with Crippen molar-refractivity contribution in [2.75, 3.05) is 13.1 Å². The number of unbranched alkanes of at least 4 members (excludes halogenated alkanes) is 1. The molecule has 1 saturated heterocycles. The van der Waals surface area contributed by atoms with Crippen LogP contribution in [0.5, 0.6) is 0 Å². The Kier molecular flexibility index (Phi) is 7.55. The molecule has 1 aliphatic heterocycles. The van der Waals surface area contributed by atoms with Gasteiger partial charge in [0, 0.05) is 6.92 Å². The number of hydrogen-bond acceptors (Lipinski definition) is 4. The number of aliphatic hydroxyl groups excluding tert-OH is 1. The van der Waals surface area contributed by atoms with Crippen molar-refractivity contribution in [2.24, 2.45) is 0 Å². The Morgan fingerprint density at radius 2 is 2.10 bits per heavy atom. The maximum Gasteiger partial charge on any atom is 0.217 e. The SMILES string of the molecule is [B][C@H]1[C@@H](O)[C@@H](C)O[C@H](CCCCNCC)[C@@H]1NC(C)=O. The molecule has 5 atom stereocenters. The monoisotopic (exact) mass is 282 g/mol. The maximum atomic E-state index is 11.3. The molecule has 1 heterocycles. The highest BCUT2D eigenvalue weighted by Crippen LogP contribution is 2.30. The van der Waals surface area contributed by atoms with Gasteiger partial charge in [-0.05, 0) is 45.1 Å².